The highest BCUT2D eigenvalue weighted by Gasteiger charge is 2.61. The summed E-state index contributed by atoms with van der Waals surface area (Å²) in [5.41, 5.74) is 2.76. The van der Waals surface area contributed by atoms with E-state index >= 15 is 0 Å². The predicted octanol–water partition coefficient (Wildman–Crippen LogP) is 5.28. The average molecular weight is 341 g/mol. The molecule has 0 aromatic carbocycles. The summed E-state index contributed by atoms with van der Waals surface area (Å²) in [7, 11) is 0. The summed E-state index contributed by atoms with van der Waals surface area (Å²) in [4.78, 5) is 25.0. The summed E-state index contributed by atoms with van der Waals surface area (Å²) in [5, 5.41) is 0. The van der Waals surface area contributed by atoms with E-state index in [1.807, 2.05) is 6.08 Å². The van der Waals surface area contributed by atoms with Crippen LogP contribution in [0.3, 0.4) is 0 Å². The summed E-state index contributed by atoms with van der Waals surface area (Å²) in [6.07, 6.45) is 11.1. The fourth-order valence-corrected chi connectivity index (χ4v) is 7.28. The van der Waals surface area contributed by atoms with E-state index in [1.54, 1.807) is 0 Å². The first-order valence-corrected chi connectivity index (χ1v) is 10.3. The Kier molecular flexibility index (Phi) is 3.90. The van der Waals surface area contributed by atoms with Gasteiger partial charge in [-0.3, -0.25) is 9.59 Å². The summed E-state index contributed by atoms with van der Waals surface area (Å²) >= 11 is 0. The number of allylic oxidation sites excluding steroid dienone is 3. The van der Waals surface area contributed by atoms with Crippen LogP contribution in [0.2, 0.25) is 0 Å². The van der Waals surface area contributed by atoms with Crippen molar-refractivity contribution in [2.75, 3.05) is 0 Å². The fraction of sp³-hybridized carbons (Fsp3) is 0.739. The van der Waals surface area contributed by atoms with Gasteiger partial charge in [0.25, 0.3) is 0 Å². The third-order valence-electron chi connectivity index (χ3n) is 8.74. The number of carbonyl (C=O) groups excluding carboxylic acids is 2. The van der Waals surface area contributed by atoms with Crippen LogP contribution in [0.25, 0.3) is 0 Å². The molecule has 6 atom stereocenters. The van der Waals surface area contributed by atoms with E-state index in [4.69, 9.17) is 0 Å². The van der Waals surface area contributed by atoms with Crippen molar-refractivity contribution < 1.29 is 9.59 Å². The summed E-state index contributed by atoms with van der Waals surface area (Å²) in [6.45, 7) is 9.06. The maximum absolute atomic E-state index is 12.6. The van der Waals surface area contributed by atoms with Crippen LogP contribution in [0.15, 0.2) is 23.3 Å². The Balaban J connectivity index is 1.83. The molecule has 2 nitrogen and oxygen atoms in total. The van der Waals surface area contributed by atoms with E-state index in [2.05, 4.69) is 33.8 Å². The van der Waals surface area contributed by atoms with E-state index in [-0.39, 0.29) is 10.8 Å². The standard InChI is InChI=1S/C23H32O2/c1-5-14-11-17-18-7-8-21(25)22(18,3)10-9-19(17)23(4)15(6-2)12-16(24)13-20(14)23/h5,13,15,17-19H,6-12H2,1-4H3/b14-5+/t15-,17+,18+,19+,22+,23-/m1/s1. The molecule has 0 amide bonds. The van der Waals surface area contributed by atoms with E-state index in [1.165, 1.54) is 11.1 Å². The van der Waals surface area contributed by atoms with Gasteiger partial charge in [0.15, 0.2) is 5.78 Å². The van der Waals surface area contributed by atoms with Gasteiger partial charge in [0.1, 0.15) is 5.78 Å². The first-order valence-electron chi connectivity index (χ1n) is 10.3. The van der Waals surface area contributed by atoms with Gasteiger partial charge in [0.05, 0.1) is 0 Å². The molecule has 4 rings (SSSR count). The topological polar surface area (TPSA) is 34.1 Å². The van der Waals surface area contributed by atoms with Crippen LogP contribution in [0.5, 0.6) is 0 Å². The molecule has 25 heavy (non-hydrogen) atoms. The molecular formula is C23H32O2. The zero-order chi connectivity index (χ0) is 18.0. The van der Waals surface area contributed by atoms with Crippen molar-refractivity contribution in [2.24, 2.45) is 34.5 Å². The Labute approximate surface area is 152 Å². The van der Waals surface area contributed by atoms with Crippen LogP contribution in [-0.4, -0.2) is 11.6 Å². The molecule has 136 valence electrons. The highest BCUT2D eigenvalue weighted by atomic mass is 16.1. The highest BCUT2D eigenvalue weighted by molar-refractivity contribution is 5.93. The Bertz CT molecular complexity index is 684. The number of Topliss-reactive ketones (excluding diaryl/α,β-unsaturated/α-hetero) is 1. The molecule has 0 heterocycles. The average Bonchev–Trinajstić information content (AvgIpc) is 2.90. The molecule has 0 aromatic rings. The van der Waals surface area contributed by atoms with E-state index in [0.717, 1.165) is 38.5 Å². The van der Waals surface area contributed by atoms with E-state index in [0.29, 0.717) is 41.7 Å². The largest absolute Gasteiger partial charge is 0.299 e. The lowest BCUT2D eigenvalue weighted by Gasteiger charge is -2.59. The highest BCUT2D eigenvalue weighted by Crippen LogP contribution is 2.66. The van der Waals surface area contributed by atoms with Gasteiger partial charge >= 0.3 is 0 Å². The van der Waals surface area contributed by atoms with Crippen LogP contribution in [0, 0.1) is 34.5 Å². The maximum Gasteiger partial charge on any atom is 0.156 e. The van der Waals surface area contributed by atoms with Crippen LogP contribution >= 0.6 is 0 Å². The molecule has 4 aliphatic rings. The fourth-order valence-electron chi connectivity index (χ4n) is 7.28. The van der Waals surface area contributed by atoms with Gasteiger partial charge < -0.3 is 0 Å². The number of carbonyl (C=O) groups is 2. The first kappa shape index (κ1) is 17.2. The van der Waals surface area contributed by atoms with Crippen molar-refractivity contribution in [3.63, 3.8) is 0 Å². The second-order valence-corrected chi connectivity index (χ2v) is 9.43. The lowest BCUT2D eigenvalue weighted by Crippen LogP contribution is -2.54. The van der Waals surface area contributed by atoms with E-state index < -0.39 is 0 Å². The molecule has 0 aromatic heterocycles. The van der Waals surface area contributed by atoms with Gasteiger partial charge in [-0.1, -0.05) is 33.3 Å². The Morgan fingerprint density at radius 2 is 1.92 bits per heavy atom. The second kappa shape index (κ2) is 5.66. The zero-order valence-electron chi connectivity index (χ0n) is 16.2. The van der Waals surface area contributed by atoms with Gasteiger partial charge in [0.2, 0.25) is 0 Å². The number of hydrogen-bond donors (Lipinski definition) is 0. The minimum Gasteiger partial charge on any atom is -0.299 e. The van der Waals surface area contributed by atoms with Crippen LogP contribution in [-0.2, 0) is 9.59 Å². The van der Waals surface area contributed by atoms with Gasteiger partial charge in [-0.15, -0.1) is 0 Å². The quantitative estimate of drug-likeness (QED) is 0.651. The monoisotopic (exact) mass is 340 g/mol. The SMILES string of the molecule is C/C=C1\C[C@@H]2[C@H](CC[C@]3(C)C(=O)CC[C@@H]23)[C@]2(C)C1=CC(=O)C[C@H]2CC. The molecule has 3 fully saturated rings. The third kappa shape index (κ3) is 2.15. The molecule has 0 aliphatic heterocycles. The summed E-state index contributed by atoms with van der Waals surface area (Å²) in [6, 6.07) is 0. The normalized spacial score (nSPS) is 48.0. The summed E-state index contributed by atoms with van der Waals surface area (Å²) in [5.74, 6) is 3.06. The molecule has 4 aliphatic carbocycles. The molecule has 0 radical (unpaired) electrons. The van der Waals surface area contributed by atoms with Crippen molar-refractivity contribution >= 4 is 11.6 Å². The van der Waals surface area contributed by atoms with Gasteiger partial charge in [-0.25, -0.2) is 0 Å². The minimum absolute atomic E-state index is 0.0796. The Morgan fingerprint density at radius 3 is 2.60 bits per heavy atom. The number of rotatable bonds is 1. The Hall–Kier alpha value is -1.18. The van der Waals surface area contributed by atoms with Crippen LogP contribution < -0.4 is 0 Å². The van der Waals surface area contributed by atoms with Gasteiger partial charge in [-0.05, 0) is 78.9 Å². The summed E-state index contributed by atoms with van der Waals surface area (Å²) < 4.78 is 0. The number of ketones is 2. The lowest BCUT2D eigenvalue weighted by atomic mass is 9.44. The molecular weight excluding hydrogens is 308 g/mol. The van der Waals surface area contributed by atoms with Crippen LogP contribution in [0.1, 0.15) is 72.6 Å². The van der Waals surface area contributed by atoms with E-state index in [9.17, 15) is 9.59 Å². The molecule has 0 unspecified atom stereocenters. The second-order valence-electron chi connectivity index (χ2n) is 9.43. The molecule has 0 spiro atoms. The third-order valence-corrected chi connectivity index (χ3v) is 8.74. The first-order chi connectivity index (χ1) is 11.9. The Morgan fingerprint density at radius 1 is 1.16 bits per heavy atom. The van der Waals surface area contributed by atoms with Gasteiger partial charge in [0, 0.05) is 18.3 Å². The number of fused-ring (bicyclic) bond motifs is 5. The smallest absolute Gasteiger partial charge is 0.156 e. The molecule has 0 N–H and O–H groups in total. The van der Waals surface area contributed by atoms with Gasteiger partial charge in [-0.2, -0.15) is 0 Å². The molecule has 0 bridgehead atoms. The van der Waals surface area contributed by atoms with Crippen molar-refractivity contribution in [1.82, 2.24) is 0 Å². The van der Waals surface area contributed by atoms with Crippen molar-refractivity contribution in [2.45, 2.75) is 72.6 Å². The molecule has 3 saturated carbocycles. The molecule has 2 heteroatoms. The van der Waals surface area contributed by atoms with Crippen molar-refractivity contribution in [3.8, 4) is 0 Å². The van der Waals surface area contributed by atoms with Crippen molar-refractivity contribution in [3.05, 3.63) is 23.3 Å². The number of hydrogen-bond acceptors (Lipinski definition) is 2. The molecule has 0 saturated heterocycles. The lowest BCUT2D eigenvalue weighted by molar-refractivity contribution is -0.133. The predicted molar refractivity (Wildman–Crippen MR) is 100 cm³/mol. The zero-order valence-corrected chi connectivity index (χ0v) is 16.2. The maximum atomic E-state index is 12.6. The van der Waals surface area contributed by atoms with Crippen molar-refractivity contribution in [1.29, 1.82) is 0 Å². The van der Waals surface area contributed by atoms with Crippen LogP contribution in [0.4, 0.5) is 0 Å². The minimum atomic E-state index is -0.0796.